The van der Waals surface area contributed by atoms with Gasteiger partial charge in [0.15, 0.2) is 0 Å². The van der Waals surface area contributed by atoms with Crippen molar-refractivity contribution in [3.63, 3.8) is 0 Å². The number of likely N-dealkylation sites (tertiary alicyclic amines) is 1. The number of halogens is 1. The lowest BCUT2D eigenvalue weighted by Gasteiger charge is -2.34. The number of rotatable bonds is 5. The molecule has 0 saturated carbocycles. The van der Waals surface area contributed by atoms with E-state index in [1.807, 2.05) is 0 Å². The molecule has 1 saturated heterocycles. The molecule has 8 nitrogen and oxygen atoms in total. The Morgan fingerprint density at radius 1 is 1.37 bits per heavy atom. The summed E-state index contributed by atoms with van der Waals surface area (Å²) in [6, 6.07) is 2.53. The molecule has 1 aromatic rings. The lowest BCUT2D eigenvalue weighted by molar-refractivity contribution is -0.152. The number of carboxylic acid groups (broad SMARTS) is 1. The Kier molecular flexibility index (Phi) is 6.33. The number of nitrogens with two attached hydrogens (primary N) is 1. The van der Waals surface area contributed by atoms with Crippen molar-refractivity contribution < 1.29 is 24.3 Å². The molecule has 27 heavy (non-hydrogen) atoms. The first-order chi connectivity index (χ1) is 12.5. The zero-order chi connectivity index (χ0) is 20.4. The van der Waals surface area contributed by atoms with Crippen LogP contribution in [0.25, 0.3) is 0 Å². The van der Waals surface area contributed by atoms with E-state index < -0.39 is 35.3 Å². The zero-order valence-electron chi connectivity index (χ0n) is 15.5. The number of hydrogen-bond acceptors (Lipinski definition) is 6. The van der Waals surface area contributed by atoms with Gasteiger partial charge in [0.05, 0.1) is 16.3 Å². The summed E-state index contributed by atoms with van der Waals surface area (Å²) in [5, 5.41) is 9.53. The normalized spacial score (nSPS) is 18.2. The van der Waals surface area contributed by atoms with E-state index in [0.29, 0.717) is 25.1 Å². The highest BCUT2D eigenvalue weighted by Gasteiger charge is 2.41. The first-order valence-corrected chi connectivity index (χ1v) is 8.95. The maximum atomic E-state index is 12.9. The molecule has 0 aromatic heterocycles. The quantitative estimate of drug-likeness (QED) is 0.513. The monoisotopic (exact) mass is 397 g/mol. The van der Waals surface area contributed by atoms with E-state index in [1.54, 1.807) is 20.8 Å². The van der Waals surface area contributed by atoms with E-state index in [2.05, 4.69) is 5.48 Å². The van der Waals surface area contributed by atoms with Crippen molar-refractivity contribution in [2.75, 3.05) is 12.3 Å². The molecule has 0 radical (unpaired) electrons. The molecule has 1 fully saturated rings. The van der Waals surface area contributed by atoms with Gasteiger partial charge in [0, 0.05) is 6.54 Å². The molecule has 148 valence electrons. The van der Waals surface area contributed by atoms with Crippen LogP contribution in [0.2, 0.25) is 5.02 Å². The fourth-order valence-electron chi connectivity index (χ4n) is 2.88. The number of benzene rings is 1. The van der Waals surface area contributed by atoms with Crippen molar-refractivity contribution in [2.24, 2.45) is 5.41 Å². The van der Waals surface area contributed by atoms with Gasteiger partial charge in [-0.2, -0.15) is 0 Å². The molecule has 9 heteroatoms. The number of hydroxylamine groups is 1. The van der Waals surface area contributed by atoms with Gasteiger partial charge in [0.25, 0.3) is 0 Å². The van der Waals surface area contributed by atoms with Gasteiger partial charge in [-0.05, 0) is 36.5 Å². The number of amides is 1. The minimum absolute atomic E-state index is 0.173. The fraction of sp³-hybridized carbons (Fsp3) is 0.500. The summed E-state index contributed by atoms with van der Waals surface area (Å²) < 4.78 is 0. The molecule has 2 unspecified atom stereocenters. The molecule has 2 rings (SSSR count). The average molecular weight is 398 g/mol. The fourth-order valence-corrected chi connectivity index (χ4v) is 3.06. The second-order valence-corrected chi connectivity index (χ2v) is 7.98. The largest absolute Gasteiger partial charge is 0.480 e. The van der Waals surface area contributed by atoms with Gasteiger partial charge < -0.3 is 20.6 Å². The first kappa shape index (κ1) is 21.0. The van der Waals surface area contributed by atoms with Crippen molar-refractivity contribution >= 4 is 35.1 Å². The lowest BCUT2D eigenvalue weighted by atomic mass is 9.86. The number of nitrogen functional groups attached to an aromatic ring is 1. The molecule has 0 spiro atoms. The summed E-state index contributed by atoms with van der Waals surface area (Å²) in [4.78, 5) is 43.0. The molecular formula is C18H24ClN3O5. The highest BCUT2D eigenvalue weighted by Crippen LogP contribution is 2.26. The third-order valence-corrected chi connectivity index (χ3v) is 4.77. The molecule has 1 aromatic carbocycles. The Hall–Kier alpha value is -2.32. The molecule has 0 bridgehead atoms. The Balaban J connectivity index is 2.13. The predicted octanol–water partition coefficient (Wildman–Crippen LogP) is 2.07. The number of carbonyl (C=O) groups is 3. The van der Waals surface area contributed by atoms with E-state index in [4.69, 9.17) is 22.2 Å². The molecule has 4 N–H and O–H groups in total. The molecular weight excluding hydrogens is 374 g/mol. The van der Waals surface area contributed by atoms with Gasteiger partial charge in [-0.3, -0.25) is 4.79 Å². The summed E-state index contributed by atoms with van der Waals surface area (Å²) in [7, 11) is 0. The van der Waals surface area contributed by atoms with Gasteiger partial charge in [0.1, 0.15) is 12.1 Å². The molecule has 1 aliphatic rings. The van der Waals surface area contributed by atoms with E-state index in [-0.39, 0.29) is 10.6 Å². The van der Waals surface area contributed by atoms with Crippen LogP contribution in [0.1, 0.15) is 44.0 Å². The number of anilines is 1. The standard InChI is InChI=1S/C18H24ClN3O5/c1-18(2,3)14(15(23)22-8-4-5-13(22)16(24)25)21-27-17(26)10-6-7-12(20)11(19)9-10/h6-7,9,13-14,21H,4-5,8,20H2,1-3H3,(H,24,25). The van der Waals surface area contributed by atoms with Crippen LogP contribution >= 0.6 is 11.6 Å². The van der Waals surface area contributed by atoms with Crippen molar-refractivity contribution in [1.82, 2.24) is 10.4 Å². The predicted molar refractivity (Wildman–Crippen MR) is 100 cm³/mol. The molecule has 2 atom stereocenters. The van der Waals surface area contributed by atoms with Crippen LogP contribution in [-0.2, 0) is 14.4 Å². The van der Waals surface area contributed by atoms with Crippen LogP contribution < -0.4 is 11.2 Å². The van der Waals surface area contributed by atoms with Gasteiger partial charge in [-0.1, -0.05) is 32.4 Å². The molecule has 1 amide bonds. The third-order valence-electron chi connectivity index (χ3n) is 4.44. The van der Waals surface area contributed by atoms with Crippen molar-refractivity contribution in [3.05, 3.63) is 28.8 Å². The van der Waals surface area contributed by atoms with E-state index in [9.17, 15) is 19.5 Å². The Morgan fingerprint density at radius 3 is 2.59 bits per heavy atom. The minimum Gasteiger partial charge on any atom is -0.480 e. The number of carboxylic acids is 1. The van der Waals surface area contributed by atoms with Crippen LogP contribution in [0.3, 0.4) is 0 Å². The van der Waals surface area contributed by atoms with Crippen LogP contribution in [-0.4, -0.2) is 46.5 Å². The SMILES string of the molecule is CC(C)(C)C(NOC(=O)c1ccc(N)c(Cl)c1)C(=O)N1CCCC1C(=O)O. The van der Waals surface area contributed by atoms with Gasteiger partial charge in [0.2, 0.25) is 5.91 Å². The summed E-state index contributed by atoms with van der Waals surface area (Å²) >= 11 is 5.91. The van der Waals surface area contributed by atoms with Crippen molar-refractivity contribution in [1.29, 1.82) is 0 Å². The smallest absolute Gasteiger partial charge is 0.356 e. The highest BCUT2D eigenvalue weighted by molar-refractivity contribution is 6.33. The van der Waals surface area contributed by atoms with Gasteiger partial charge in [-0.25, -0.2) is 9.59 Å². The van der Waals surface area contributed by atoms with Crippen LogP contribution in [0.15, 0.2) is 18.2 Å². The number of carbonyl (C=O) groups excluding carboxylic acids is 2. The summed E-state index contributed by atoms with van der Waals surface area (Å²) in [5.41, 5.74) is 8.02. The number of hydrogen-bond donors (Lipinski definition) is 3. The van der Waals surface area contributed by atoms with Crippen molar-refractivity contribution in [2.45, 2.75) is 45.7 Å². The molecule has 0 aliphatic carbocycles. The van der Waals surface area contributed by atoms with E-state index in [0.717, 1.165) is 0 Å². The number of aliphatic carboxylic acids is 1. The average Bonchev–Trinajstić information content (AvgIpc) is 3.06. The summed E-state index contributed by atoms with van der Waals surface area (Å²) in [5.74, 6) is -2.19. The van der Waals surface area contributed by atoms with Crippen LogP contribution in [0.4, 0.5) is 5.69 Å². The summed E-state index contributed by atoms with van der Waals surface area (Å²) in [6.45, 7) is 5.73. The number of nitrogens with one attached hydrogen (secondary N) is 1. The summed E-state index contributed by atoms with van der Waals surface area (Å²) in [6.07, 6.45) is 1.02. The molecule has 1 aliphatic heterocycles. The second kappa shape index (κ2) is 8.14. The third kappa shape index (κ3) is 4.90. The molecule has 1 heterocycles. The van der Waals surface area contributed by atoms with Gasteiger partial charge in [-0.15, -0.1) is 5.48 Å². The van der Waals surface area contributed by atoms with E-state index >= 15 is 0 Å². The second-order valence-electron chi connectivity index (χ2n) is 7.57. The maximum Gasteiger partial charge on any atom is 0.356 e. The lowest BCUT2D eigenvalue weighted by Crippen LogP contribution is -2.55. The van der Waals surface area contributed by atoms with Gasteiger partial charge >= 0.3 is 11.9 Å². The van der Waals surface area contributed by atoms with Crippen LogP contribution in [0.5, 0.6) is 0 Å². The minimum atomic E-state index is -1.04. The van der Waals surface area contributed by atoms with E-state index in [1.165, 1.54) is 23.1 Å². The maximum absolute atomic E-state index is 12.9. The Bertz CT molecular complexity index is 747. The van der Waals surface area contributed by atoms with Crippen LogP contribution in [0, 0.1) is 5.41 Å². The topological polar surface area (TPSA) is 122 Å². The van der Waals surface area contributed by atoms with Crippen molar-refractivity contribution in [3.8, 4) is 0 Å². The zero-order valence-corrected chi connectivity index (χ0v) is 16.2. The Labute approximate surface area is 162 Å². The number of nitrogens with zero attached hydrogens (tertiary/aromatic N) is 1. The first-order valence-electron chi connectivity index (χ1n) is 8.57. The Morgan fingerprint density at radius 2 is 2.04 bits per heavy atom. The highest BCUT2D eigenvalue weighted by atomic mass is 35.5.